The first-order valence-corrected chi connectivity index (χ1v) is 7.74. The van der Waals surface area contributed by atoms with Gasteiger partial charge in [0.25, 0.3) is 0 Å². The lowest BCUT2D eigenvalue weighted by Crippen LogP contribution is -1.91. The van der Waals surface area contributed by atoms with Crippen molar-refractivity contribution in [2.24, 2.45) is 0 Å². The number of aryl methyl sites for hydroxylation is 1. The second kappa shape index (κ2) is 5.19. The summed E-state index contributed by atoms with van der Waals surface area (Å²) in [4.78, 5) is 16.4. The Labute approximate surface area is 124 Å². The van der Waals surface area contributed by atoms with Crippen molar-refractivity contribution >= 4 is 28.6 Å². The van der Waals surface area contributed by atoms with Crippen molar-refractivity contribution in [1.29, 1.82) is 0 Å². The van der Waals surface area contributed by atoms with Crippen LogP contribution in [0.5, 0.6) is 0 Å². The highest BCUT2D eigenvalue weighted by atomic mass is 32.1. The lowest BCUT2D eigenvalue weighted by molar-refractivity contribution is 0.0697. The van der Waals surface area contributed by atoms with E-state index in [2.05, 4.69) is 36.2 Å². The van der Waals surface area contributed by atoms with E-state index in [1.54, 1.807) is 22.8 Å². The van der Waals surface area contributed by atoms with E-state index in [0.717, 1.165) is 21.1 Å². The second-order valence-corrected chi connectivity index (χ2v) is 6.18. The highest BCUT2D eigenvalue weighted by Gasteiger charge is 2.11. The first kappa shape index (κ1) is 13.0. The summed E-state index contributed by atoms with van der Waals surface area (Å²) < 4.78 is 0. The number of rotatable bonds is 3. The molecule has 3 rings (SSSR count). The van der Waals surface area contributed by atoms with Crippen LogP contribution in [-0.2, 0) is 0 Å². The van der Waals surface area contributed by atoms with Crippen molar-refractivity contribution in [3.63, 3.8) is 0 Å². The summed E-state index contributed by atoms with van der Waals surface area (Å²) >= 11 is 2.97. The predicted molar refractivity (Wildman–Crippen MR) is 82.6 cm³/mol. The number of hydrogen-bond donors (Lipinski definition) is 1. The molecule has 0 aliphatic carbocycles. The maximum Gasteiger partial charge on any atom is 0.336 e. The molecule has 5 heteroatoms. The van der Waals surface area contributed by atoms with Gasteiger partial charge < -0.3 is 5.11 Å². The van der Waals surface area contributed by atoms with Gasteiger partial charge in [-0.3, -0.25) is 0 Å². The Balaban J connectivity index is 1.93. The summed E-state index contributed by atoms with van der Waals surface area (Å²) in [5, 5.41) is 13.5. The fourth-order valence-corrected chi connectivity index (χ4v) is 3.54. The Morgan fingerprint density at radius 3 is 2.55 bits per heavy atom. The maximum absolute atomic E-state index is 10.9. The summed E-state index contributed by atoms with van der Waals surface area (Å²) in [6.07, 6.45) is 0. The minimum Gasteiger partial charge on any atom is -0.478 e. The van der Waals surface area contributed by atoms with E-state index in [4.69, 9.17) is 5.11 Å². The molecule has 0 aliphatic heterocycles. The Bertz CT molecular complexity index is 756. The van der Waals surface area contributed by atoms with Crippen LogP contribution in [0.4, 0.5) is 0 Å². The van der Waals surface area contributed by atoms with Crippen LogP contribution in [0.1, 0.15) is 15.9 Å². The number of benzene rings is 1. The van der Waals surface area contributed by atoms with Crippen LogP contribution in [0.2, 0.25) is 0 Å². The third kappa shape index (κ3) is 2.50. The molecule has 0 radical (unpaired) electrons. The molecular weight excluding hydrogens is 290 g/mol. The average Bonchev–Trinajstić information content (AvgIpc) is 3.08. The van der Waals surface area contributed by atoms with Gasteiger partial charge in [-0.25, -0.2) is 9.78 Å². The van der Waals surface area contributed by atoms with Crippen molar-refractivity contribution < 1.29 is 9.90 Å². The molecule has 2 heterocycles. The van der Waals surface area contributed by atoms with E-state index in [1.807, 2.05) is 5.38 Å². The van der Waals surface area contributed by atoms with Crippen molar-refractivity contribution in [3.05, 3.63) is 52.2 Å². The van der Waals surface area contributed by atoms with Crippen LogP contribution in [-0.4, -0.2) is 16.1 Å². The molecule has 0 saturated heterocycles. The van der Waals surface area contributed by atoms with Crippen LogP contribution in [0.3, 0.4) is 0 Å². The van der Waals surface area contributed by atoms with Gasteiger partial charge in [0, 0.05) is 16.3 Å². The van der Waals surface area contributed by atoms with Gasteiger partial charge in [-0.2, -0.15) is 0 Å². The smallest absolute Gasteiger partial charge is 0.336 e. The molecular formula is C15H11NO2S2. The zero-order valence-electron chi connectivity index (χ0n) is 10.7. The molecule has 0 bridgehead atoms. The minimum absolute atomic E-state index is 0.315. The molecule has 0 aliphatic rings. The third-order valence-electron chi connectivity index (χ3n) is 2.90. The largest absolute Gasteiger partial charge is 0.478 e. The first-order valence-electron chi connectivity index (χ1n) is 5.98. The van der Waals surface area contributed by atoms with Gasteiger partial charge >= 0.3 is 5.97 Å². The van der Waals surface area contributed by atoms with Gasteiger partial charge in [-0.15, -0.1) is 22.7 Å². The van der Waals surface area contributed by atoms with Gasteiger partial charge in [0.05, 0.1) is 16.1 Å². The van der Waals surface area contributed by atoms with Crippen LogP contribution < -0.4 is 0 Å². The summed E-state index contributed by atoms with van der Waals surface area (Å²) in [5.41, 5.74) is 3.45. The van der Waals surface area contributed by atoms with Crippen molar-refractivity contribution in [3.8, 4) is 21.1 Å². The number of aromatic carboxylic acids is 1. The minimum atomic E-state index is -0.901. The molecule has 0 amide bonds. The summed E-state index contributed by atoms with van der Waals surface area (Å²) in [6.45, 7) is 2.05. The van der Waals surface area contributed by atoms with Crippen molar-refractivity contribution in [2.45, 2.75) is 6.92 Å². The lowest BCUT2D eigenvalue weighted by Gasteiger charge is -1.96. The quantitative estimate of drug-likeness (QED) is 0.772. The van der Waals surface area contributed by atoms with Gasteiger partial charge in [0.15, 0.2) is 0 Å². The van der Waals surface area contributed by atoms with E-state index >= 15 is 0 Å². The SMILES string of the molecule is Cc1ccc(-c2nc(-c3cc(C(=O)O)cs3)cs2)cc1. The lowest BCUT2D eigenvalue weighted by atomic mass is 10.2. The fraction of sp³-hybridized carbons (Fsp3) is 0.0667. The van der Waals surface area contributed by atoms with E-state index in [9.17, 15) is 4.79 Å². The average molecular weight is 301 g/mol. The van der Waals surface area contributed by atoms with Crippen LogP contribution >= 0.6 is 22.7 Å². The number of nitrogens with zero attached hydrogens (tertiary/aromatic N) is 1. The van der Waals surface area contributed by atoms with E-state index in [0.29, 0.717) is 5.56 Å². The Morgan fingerprint density at radius 2 is 1.90 bits per heavy atom. The summed E-state index contributed by atoms with van der Waals surface area (Å²) in [7, 11) is 0. The standard InChI is InChI=1S/C15H11NO2S2/c1-9-2-4-10(5-3-9)14-16-12(8-20-14)13-6-11(7-19-13)15(17)18/h2-8H,1H3,(H,17,18). The molecule has 0 saturated carbocycles. The van der Waals surface area contributed by atoms with Crippen LogP contribution in [0, 0.1) is 6.92 Å². The van der Waals surface area contributed by atoms with Crippen molar-refractivity contribution in [2.75, 3.05) is 0 Å². The number of thiophene rings is 1. The van der Waals surface area contributed by atoms with Gasteiger partial charge in [-0.05, 0) is 13.0 Å². The molecule has 3 nitrogen and oxygen atoms in total. The molecule has 20 heavy (non-hydrogen) atoms. The molecule has 0 atom stereocenters. The maximum atomic E-state index is 10.9. The summed E-state index contributed by atoms with van der Waals surface area (Å²) in [6, 6.07) is 9.89. The second-order valence-electron chi connectivity index (χ2n) is 4.41. The van der Waals surface area contributed by atoms with Crippen LogP contribution in [0.15, 0.2) is 41.1 Å². The van der Waals surface area contributed by atoms with E-state index in [-0.39, 0.29) is 0 Å². The predicted octanol–water partition coefficient (Wildman–Crippen LogP) is 4.55. The third-order valence-corrected chi connectivity index (χ3v) is 4.75. The number of carbonyl (C=O) groups is 1. The van der Waals surface area contributed by atoms with Gasteiger partial charge in [0.1, 0.15) is 5.01 Å². The monoisotopic (exact) mass is 301 g/mol. The molecule has 1 aromatic carbocycles. The highest BCUT2D eigenvalue weighted by Crippen LogP contribution is 2.32. The number of hydrogen-bond acceptors (Lipinski definition) is 4. The normalized spacial score (nSPS) is 10.7. The van der Waals surface area contributed by atoms with E-state index in [1.165, 1.54) is 16.9 Å². The Kier molecular flexibility index (Phi) is 3.38. The van der Waals surface area contributed by atoms with Crippen LogP contribution in [0.25, 0.3) is 21.1 Å². The molecule has 0 unspecified atom stereocenters. The molecule has 3 aromatic rings. The number of thiazole rings is 1. The summed E-state index contributed by atoms with van der Waals surface area (Å²) in [5.74, 6) is -0.901. The van der Waals surface area contributed by atoms with Crippen molar-refractivity contribution in [1.82, 2.24) is 4.98 Å². The van der Waals surface area contributed by atoms with Gasteiger partial charge in [0.2, 0.25) is 0 Å². The molecule has 1 N–H and O–H groups in total. The topological polar surface area (TPSA) is 50.2 Å². The molecule has 100 valence electrons. The molecule has 0 spiro atoms. The number of carboxylic acid groups (broad SMARTS) is 1. The molecule has 0 fully saturated rings. The fourth-order valence-electron chi connectivity index (χ4n) is 1.80. The molecule has 2 aromatic heterocycles. The number of carboxylic acids is 1. The first-order chi connectivity index (χ1) is 9.63. The zero-order valence-corrected chi connectivity index (χ0v) is 12.3. The van der Waals surface area contributed by atoms with Gasteiger partial charge in [-0.1, -0.05) is 29.8 Å². The highest BCUT2D eigenvalue weighted by molar-refractivity contribution is 7.15. The Hall–Kier alpha value is -1.98. The number of aromatic nitrogens is 1. The Morgan fingerprint density at radius 1 is 1.15 bits per heavy atom. The van der Waals surface area contributed by atoms with E-state index < -0.39 is 5.97 Å². The zero-order chi connectivity index (χ0) is 14.1.